The number of rotatable bonds is 5. The molecule has 2 aliphatic heterocycles. The number of nitrogens with zero attached hydrogens (tertiary/aromatic N) is 7. The molecule has 57 heavy (non-hydrogen) atoms. The summed E-state index contributed by atoms with van der Waals surface area (Å²) in [4.78, 5) is 92.5. The van der Waals surface area contributed by atoms with Gasteiger partial charge in [0.05, 0.1) is 57.0 Å². The third kappa shape index (κ3) is 6.10. The highest BCUT2D eigenvalue weighted by atomic mass is 79.9. The largest absolute Gasteiger partial charge is 0.272 e. The summed E-state index contributed by atoms with van der Waals surface area (Å²) < 4.78 is 29.5. The number of carbonyl (C=O) groups excluding carboxylic acids is 4. The molecule has 2 aliphatic rings. The standard InChI is InChI=1S/C23H15FN4O3.C18H11BrFN3O3/c1-13(28-21(29)15-6-2-3-7-16(15)22(28)30)20-19(17-8-4-5-11-25-17)23(31)27-12-14(24)9-10-18(27)26-20;1-9(23-16(24)11-4-2-3-5-12(11)17(23)25)15-14(19)18(26)22-8-10(20)6-7-13(22)21-15/h2-13H,1H3;2-9H,1H3. The molecule has 0 radical (unpaired) electrons. The predicted octanol–water partition coefficient (Wildman–Crippen LogP) is 6.21. The number of halogens is 3. The fourth-order valence-electron chi connectivity index (χ4n) is 6.93. The molecule has 7 heterocycles. The van der Waals surface area contributed by atoms with Crippen LogP contribution in [0.15, 0.2) is 124 Å². The van der Waals surface area contributed by atoms with E-state index < -0.39 is 58.5 Å². The number of amides is 4. The molecule has 0 spiro atoms. The number of imide groups is 2. The van der Waals surface area contributed by atoms with Crippen molar-refractivity contribution in [1.82, 2.24) is 33.6 Å². The summed E-state index contributed by atoms with van der Waals surface area (Å²) in [6, 6.07) is 21.6. The lowest BCUT2D eigenvalue weighted by atomic mass is 10.0. The molecule has 9 rings (SSSR count). The second-order valence-electron chi connectivity index (χ2n) is 13.1. The Bertz CT molecular complexity index is 2920. The maximum atomic E-state index is 13.8. The minimum atomic E-state index is -0.854. The molecule has 7 aromatic rings. The maximum absolute atomic E-state index is 13.8. The highest BCUT2D eigenvalue weighted by Gasteiger charge is 2.41. The quantitative estimate of drug-likeness (QED) is 0.184. The molecular weight excluding hydrogens is 804 g/mol. The third-order valence-corrected chi connectivity index (χ3v) is 10.5. The summed E-state index contributed by atoms with van der Waals surface area (Å²) in [6.45, 7) is 3.25. The van der Waals surface area contributed by atoms with Crippen LogP contribution in [0.5, 0.6) is 0 Å². The van der Waals surface area contributed by atoms with Crippen LogP contribution in [0, 0.1) is 11.6 Å². The van der Waals surface area contributed by atoms with E-state index in [2.05, 4.69) is 30.9 Å². The van der Waals surface area contributed by atoms with Gasteiger partial charge >= 0.3 is 0 Å². The molecule has 2 aromatic carbocycles. The highest BCUT2D eigenvalue weighted by Crippen LogP contribution is 2.35. The molecule has 0 bridgehead atoms. The molecule has 0 fully saturated rings. The van der Waals surface area contributed by atoms with E-state index in [-0.39, 0.29) is 32.7 Å². The normalized spacial score (nSPS) is 14.5. The molecule has 4 amide bonds. The smallest absolute Gasteiger partial charge is 0.269 e. The molecule has 2 atom stereocenters. The average Bonchev–Trinajstić information content (AvgIpc) is 3.63. The highest BCUT2D eigenvalue weighted by molar-refractivity contribution is 9.10. The molecule has 16 heteroatoms. The Kier molecular flexibility index (Phi) is 9.20. The van der Waals surface area contributed by atoms with Gasteiger partial charge in [0.25, 0.3) is 34.7 Å². The zero-order valence-corrected chi connectivity index (χ0v) is 31.3. The monoisotopic (exact) mass is 829 g/mol. The van der Waals surface area contributed by atoms with Crippen molar-refractivity contribution in [2.24, 2.45) is 0 Å². The number of hydrogen-bond donors (Lipinski definition) is 0. The molecule has 0 aliphatic carbocycles. The fourth-order valence-corrected chi connectivity index (χ4v) is 7.54. The van der Waals surface area contributed by atoms with E-state index in [9.17, 15) is 37.5 Å². The Morgan fingerprint density at radius 1 is 0.544 bits per heavy atom. The van der Waals surface area contributed by atoms with Gasteiger partial charge in [0, 0.05) is 18.6 Å². The number of carbonyl (C=O) groups is 4. The van der Waals surface area contributed by atoms with Crippen LogP contribution in [0.4, 0.5) is 8.78 Å². The van der Waals surface area contributed by atoms with Crippen molar-refractivity contribution < 1.29 is 28.0 Å². The van der Waals surface area contributed by atoms with Gasteiger partial charge in [0.1, 0.15) is 27.4 Å². The Labute approximate surface area is 328 Å². The first-order valence-electron chi connectivity index (χ1n) is 17.3. The zero-order chi connectivity index (χ0) is 40.3. The Morgan fingerprint density at radius 3 is 1.42 bits per heavy atom. The van der Waals surface area contributed by atoms with E-state index in [1.165, 1.54) is 30.5 Å². The van der Waals surface area contributed by atoms with E-state index in [4.69, 9.17) is 0 Å². The first-order valence-corrected chi connectivity index (χ1v) is 18.1. The summed E-state index contributed by atoms with van der Waals surface area (Å²) in [6.07, 6.45) is 3.60. The van der Waals surface area contributed by atoms with Gasteiger partial charge in [-0.15, -0.1) is 0 Å². The Hall–Kier alpha value is -7.07. The van der Waals surface area contributed by atoms with Gasteiger partial charge in [0.2, 0.25) is 0 Å². The van der Waals surface area contributed by atoms with Gasteiger partial charge in [-0.25, -0.2) is 18.7 Å². The SMILES string of the molecule is CC(c1nc2ccc(F)cn2c(=O)c1-c1ccccn1)N1C(=O)c2ccccc2C1=O.CC(c1nc2ccc(F)cn2c(=O)c1Br)N1C(=O)c2ccccc2C1=O. The van der Waals surface area contributed by atoms with Crippen molar-refractivity contribution in [3.05, 3.63) is 180 Å². The van der Waals surface area contributed by atoms with Crippen LogP contribution in [0.1, 0.15) is 78.8 Å². The summed E-state index contributed by atoms with van der Waals surface area (Å²) >= 11 is 3.18. The molecular formula is C41H26BrF2N7O6. The first-order chi connectivity index (χ1) is 27.4. The second kappa shape index (κ2) is 14.2. The minimum Gasteiger partial charge on any atom is -0.269 e. The lowest BCUT2D eigenvalue weighted by Crippen LogP contribution is -2.35. The third-order valence-electron chi connectivity index (χ3n) is 9.71. The van der Waals surface area contributed by atoms with Crippen LogP contribution in [-0.2, 0) is 0 Å². The van der Waals surface area contributed by atoms with Gasteiger partial charge in [0.15, 0.2) is 0 Å². The molecule has 0 saturated carbocycles. The first kappa shape index (κ1) is 36.9. The van der Waals surface area contributed by atoms with Crippen LogP contribution < -0.4 is 11.1 Å². The van der Waals surface area contributed by atoms with Gasteiger partial charge in [-0.05, 0) is 90.4 Å². The number of benzene rings is 2. The lowest BCUT2D eigenvalue weighted by Gasteiger charge is -2.24. The molecule has 0 saturated heterocycles. The molecule has 2 unspecified atom stereocenters. The van der Waals surface area contributed by atoms with Crippen molar-refractivity contribution in [1.29, 1.82) is 0 Å². The number of fused-ring (bicyclic) bond motifs is 4. The van der Waals surface area contributed by atoms with Gasteiger partial charge < -0.3 is 0 Å². The molecule has 5 aromatic heterocycles. The van der Waals surface area contributed by atoms with Crippen LogP contribution in [0.2, 0.25) is 0 Å². The van der Waals surface area contributed by atoms with E-state index >= 15 is 0 Å². The maximum Gasteiger partial charge on any atom is 0.272 e. The van der Waals surface area contributed by atoms with E-state index in [1.54, 1.807) is 80.6 Å². The summed E-state index contributed by atoms with van der Waals surface area (Å²) in [5.74, 6) is -2.96. The van der Waals surface area contributed by atoms with Crippen LogP contribution in [0.25, 0.3) is 22.6 Å². The van der Waals surface area contributed by atoms with Gasteiger partial charge in [-0.1, -0.05) is 30.3 Å². The predicted molar refractivity (Wildman–Crippen MR) is 204 cm³/mol. The fraction of sp³-hybridized carbons (Fsp3) is 0.0976. The van der Waals surface area contributed by atoms with Crippen LogP contribution >= 0.6 is 15.9 Å². The molecule has 282 valence electrons. The van der Waals surface area contributed by atoms with E-state index in [0.29, 0.717) is 27.9 Å². The van der Waals surface area contributed by atoms with Gasteiger partial charge in [-0.3, -0.25) is 52.4 Å². The minimum absolute atomic E-state index is 0.0738. The summed E-state index contributed by atoms with van der Waals surface area (Å²) in [7, 11) is 0. The average molecular weight is 831 g/mol. The summed E-state index contributed by atoms with van der Waals surface area (Å²) in [5, 5.41) is 0. The van der Waals surface area contributed by atoms with E-state index in [0.717, 1.165) is 31.0 Å². The van der Waals surface area contributed by atoms with Crippen molar-refractivity contribution in [2.45, 2.75) is 25.9 Å². The topological polar surface area (TPSA) is 156 Å². The number of hydrogen-bond acceptors (Lipinski definition) is 9. The molecule has 0 N–H and O–H groups in total. The van der Waals surface area contributed by atoms with Crippen molar-refractivity contribution in [3.8, 4) is 11.3 Å². The van der Waals surface area contributed by atoms with Crippen molar-refractivity contribution in [2.75, 3.05) is 0 Å². The Morgan fingerprint density at radius 2 is 0.965 bits per heavy atom. The van der Waals surface area contributed by atoms with Crippen LogP contribution in [-0.4, -0.2) is 57.2 Å². The Balaban J connectivity index is 0.000000162. The molecule has 13 nitrogen and oxygen atoms in total. The lowest BCUT2D eigenvalue weighted by molar-refractivity contribution is 0.0576. The van der Waals surface area contributed by atoms with E-state index in [1.807, 2.05) is 0 Å². The zero-order valence-electron chi connectivity index (χ0n) is 29.8. The van der Waals surface area contributed by atoms with Crippen LogP contribution in [0.3, 0.4) is 0 Å². The number of aromatic nitrogens is 5. The van der Waals surface area contributed by atoms with Gasteiger partial charge in [-0.2, -0.15) is 0 Å². The van der Waals surface area contributed by atoms with Crippen molar-refractivity contribution >= 4 is 50.9 Å². The van der Waals surface area contributed by atoms with Crippen molar-refractivity contribution in [3.63, 3.8) is 0 Å². The summed E-state index contributed by atoms with van der Waals surface area (Å²) in [5.41, 5.74) is 1.47. The number of pyridine rings is 3. The second-order valence-corrected chi connectivity index (χ2v) is 13.9.